The zero-order valence-electron chi connectivity index (χ0n) is 6.74. The Labute approximate surface area is 68.6 Å². The Kier molecular flexibility index (Phi) is 4.19. The summed E-state index contributed by atoms with van der Waals surface area (Å²) in [4.78, 5) is 0. The second-order valence-electron chi connectivity index (χ2n) is 2.53. The van der Waals surface area contributed by atoms with Gasteiger partial charge in [-0.05, 0) is 19.3 Å². The molecule has 0 aromatic rings. The van der Waals surface area contributed by atoms with E-state index in [9.17, 15) is 0 Å². The molecule has 0 saturated heterocycles. The number of allylic oxidation sites excluding steroid dienone is 8. The van der Waals surface area contributed by atoms with Crippen LogP contribution in [0.25, 0.3) is 0 Å². The first-order valence-electron chi connectivity index (χ1n) is 4.13. The van der Waals surface area contributed by atoms with Gasteiger partial charge in [-0.1, -0.05) is 48.6 Å². The zero-order valence-corrected chi connectivity index (χ0v) is 6.74. The molecule has 0 bridgehead atoms. The molecule has 11 heavy (non-hydrogen) atoms. The van der Waals surface area contributed by atoms with Crippen LogP contribution in [0.3, 0.4) is 0 Å². The van der Waals surface area contributed by atoms with Gasteiger partial charge in [-0.3, -0.25) is 0 Å². The fourth-order valence-electron chi connectivity index (χ4n) is 0.945. The van der Waals surface area contributed by atoms with Gasteiger partial charge in [0.2, 0.25) is 0 Å². The van der Waals surface area contributed by atoms with E-state index in [0.717, 1.165) is 19.3 Å². The summed E-state index contributed by atoms with van der Waals surface area (Å²) in [5.41, 5.74) is 0. The molecule has 0 unspecified atom stereocenters. The Morgan fingerprint density at radius 3 is 2.18 bits per heavy atom. The van der Waals surface area contributed by atoms with Crippen LogP contribution in [-0.4, -0.2) is 0 Å². The molecule has 0 spiro atoms. The van der Waals surface area contributed by atoms with Crippen LogP contribution in [0.15, 0.2) is 48.6 Å². The molecule has 1 aliphatic rings. The Morgan fingerprint density at radius 1 is 0.545 bits per heavy atom. The third-order valence-corrected chi connectivity index (χ3v) is 1.54. The minimum absolute atomic E-state index is 1.06. The van der Waals surface area contributed by atoms with Gasteiger partial charge in [0.25, 0.3) is 0 Å². The maximum Gasteiger partial charge on any atom is -0.0166 e. The molecule has 58 valence electrons. The largest absolute Gasteiger partial charge is 0.0879 e. The SMILES string of the molecule is C1=C/C=C\CC/C=C\CC=C1. The maximum absolute atomic E-state index is 2.24. The third-order valence-electron chi connectivity index (χ3n) is 1.54. The predicted molar refractivity (Wildman–Crippen MR) is 50.4 cm³/mol. The second kappa shape index (κ2) is 5.72. The van der Waals surface area contributed by atoms with Gasteiger partial charge in [-0.2, -0.15) is 0 Å². The van der Waals surface area contributed by atoms with Gasteiger partial charge in [0.1, 0.15) is 0 Å². The fraction of sp³-hybridized carbons (Fsp3) is 0.273. The first kappa shape index (κ1) is 8.06. The lowest BCUT2D eigenvalue weighted by atomic mass is 10.2. The van der Waals surface area contributed by atoms with E-state index in [1.807, 2.05) is 0 Å². The number of hydrogen-bond donors (Lipinski definition) is 0. The molecule has 0 saturated carbocycles. The van der Waals surface area contributed by atoms with E-state index in [1.165, 1.54) is 0 Å². The van der Waals surface area contributed by atoms with Crippen molar-refractivity contribution >= 4 is 0 Å². The summed E-state index contributed by atoms with van der Waals surface area (Å²) in [5, 5.41) is 0. The smallest absolute Gasteiger partial charge is 0.0166 e. The van der Waals surface area contributed by atoms with Crippen molar-refractivity contribution in [3.63, 3.8) is 0 Å². The van der Waals surface area contributed by atoms with Crippen molar-refractivity contribution in [2.45, 2.75) is 19.3 Å². The van der Waals surface area contributed by atoms with Crippen LogP contribution in [0.1, 0.15) is 19.3 Å². The van der Waals surface area contributed by atoms with Crippen LogP contribution < -0.4 is 0 Å². The molecule has 0 heterocycles. The van der Waals surface area contributed by atoms with Crippen LogP contribution in [0.2, 0.25) is 0 Å². The zero-order chi connectivity index (χ0) is 7.78. The van der Waals surface area contributed by atoms with Crippen LogP contribution in [0, 0.1) is 0 Å². The molecule has 0 N–H and O–H groups in total. The molecule has 0 radical (unpaired) electrons. The molecular formula is C11H14. The van der Waals surface area contributed by atoms with Crippen molar-refractivity contribution in [1.29, 1.82) is 0 Å². The minimum atomic E-state index is 1.06. The highest BCUT2D eigenvalue weighted by Gasteiger charge is 1.76. The summed E-state index contributed by atoms with van der Waals surface area (Å²) in [6.45, 7) is 0. The van der Waals surface area contributed by atoms with Crippen molar-refractivity contribution in [3.8, 4) is 0 Å². The average molecular weight is 146 g/mol. The summed E-state index contributed by atoms with van der Waals surface area (Å²) >= 11 is 0. The van der Waals surface area contributed by atoms with E-state index in [0.29, 0.717) is 0 Å². The molecule has 0 aromatic carbocycles. The summed E-state index contributed by atoms with van der Waals surface area (Å²) in [5.74, 6) is 0. The molecule has 0 fully saturated rings. The number of rotatable bonds is 0. The molecule has 0 aromatic heterocycles. The third kappa shape index (κ3) is 4.38. The second-order valence-corrected chi connectivity index (χ2v) is 2.53. The highest BCUT2D eigenvalue weighted by Crippen LogP contribution is 1.97. The lowest BCUT2D eigenvalue weighted by Gasteiger charge is -1.83. The quantitative estimate of drug-likeness (QED) is 0.459. The molecule has 0 nitrogen and oxygen atoms in total. The van der Waals surface area contributed by atoms with Gasteiger partial charge in [0.05, 0.1) is 0 Å². The minimum Gasteiger partial charge on any atom is -0.0879 e. The van der Waals surface area contributed by atoms with E-state index in [1.54, 1.807) is 0 Å². The topological polar surface area (TPSA) is 0 Å². The van der Waals surface area contributed by atoms with Crippen LogP contribution in [0.4, 0.5) is 0 Å². The average Bonchev–Trinajstić information content (AvgIpc) is 2.08. The molecule has 0 aliphatic heterocycles. The Hall–Kier alpha value is -1.04. The van der Waals surface area contributed by atoms with Crippen molar-refractivity contribution < 1.29 is 0 Å². The summed E-state index contributed by atoms with van der Waals surface area (Å²) in [7, 11) is 0. The van der Waals surface area contributed by atoms with Crippen LogP contribution in [-0.2, 0) is 0 Å². The molecular weight excluding hydrogens is 132 g/mol. The summed E-state index contributed by atoms with van der Waals surface area (Å²) in [6.07, 6.45) is 20.5. The Bertz CT molecular complexity index is 192. The van der Waals surface area contributed by atoms with E-state index in [-0.39, 0.29) is 0 Å². The van der Waals surface area contributed by atoms with Gasteiger partial charge in [0, 0.05) is 0 Å². The number of hydrogen-bond acceptors (Lipinski definition) is 0. The van der Waals surface area contributed by atoms with E-state index in [4.69, 9.17) is 0 Å². The van der Waals surface area contributed by atoms with Crippen molar-refractivity contribution in [3.05, 3.63) is 48.6 Å². The monoisotopic (exact) mass is 146 g/mol. The molecule has 0 amide bonds. The van der Waals surface area contributed by atoms with Crippen LogP contribution in [0.5, 0.6) is 0 Å². The van der Waals surface area contributed by atoms with E-state index >= 15 is 0 Å². The molecule has 1 rings (SSSR count). The van der Waals surface area contributed by atoms with Crippen molar-refractivity contribution in [1.82, 2.24) is 0 Å². The van der Waals surface area contributed by atoms with Crippen LogP contribution >= 0.6 is 0 Å². The molecule has 1 aliphatic carbocycles. The first-order chi connectivity index (χ1) is 5.50. The van der Waals surface area contributed by atoms with Crippen molar-refractivity contribution in [2.24, 2.45) is 0 Å². The summed E-state index contributed by atoms with van der Waals surface area (Å²) < 4.78 is 0. The van der Waals surface area contributed by atoms with Gasteiger partial charge >= 0.3 is 0 Å². The highest BCUT2D eigenvalue weighted by atomic mass is 13.8. The Morgan fingerprint density at radius 2 is 1.27 bits per heavy atom. The highest BCUT2D eigenvalue weighted by molar-refractivity contribution is 5.12. The summed E-state index contributed by atoms with van der Waals surface area (Å²) in [6, 6.07) is 0. The normalized spacial score (nSPS) is 24.0. The van der Waals surface area contributed by atoms with Gasteiger partial charge in [-0.15, -0.1) is 0 Å². The lowest BCUT2D eigenvalue weighted by molar-refractivity contribution is 1.04. The van der Waals surface area contributed by atoms with Gasteiger partial charge in [-0.25, -0.2) is 0 Å². The van der Waals surface area contributed by atoms with E-state index < -0.39 is 0 Å². The fourth-order valence-corrected chi connectivity index (χ4v) is 0.945. The van der Waals surface area contributed by atoms with E-state index in [2.05, 4.69) is 48.6 Å². The first-order valence-corrected chi connectivity index (χ1v) is 4.13. The van der Waals surface area contributed by atoms with Crippen molar-refractivity contribution in [2.75, 3.05) is 0 Å². The lowest BCUT2D eigenvalue weighted by Crippen LogP contribution is -1.63. The maximum atomic E-state index is 2.24. The van der Waals surface area contributed by atoms with Gasteiger partial charge in [0.15, 0.2) is 0 Å². The predicted octanol–water partition coefficient (Wildman–Crippen LogP) is 3.40. The Balaban J connectivity index is 2.47. The molecule has 0 atom stereocenters. The van der Waals surface area contributed by atoms with Gasteiger partial charge < -0.3 is 0 Å². The standard InChI is InChI=1S/C11H14/c1-2-4-6-8-10-11-9-7-5-3-1/h1-6,9,11H,7-8,10H2/b2-1?,5-3?,6-4-,11-9-. The molecule has 0 heteroatoms.